The summed E-state index contributed by atoms with van der Waals surface area (Å²) in [5.41, 5.74) is -0.577. The number of nitrogens with one attached hydrogen (secondary N) is 1. The van der Waals surface area contributed by atoms with Gasteiger partial charge in [0.05, 0.1) is 11.5 Å². The first-order chi connectivity index (χ1) is 10.8. The van der Waals surface area contributed by atoms with Gasteiger partial charge in [0.15, 0.2) is 4.90 Å². The van der Waals surface area contributed by atoms with Gasteiger partial charge in [-0.15, -0.1) is 11.6 Å². The van der Waals surface area contributed by atoms with E-state index in [2.05, 4.69) is 4.72 Å². The molecule has 0 radical (unpaired) electrons. The molecular formula is C13H17ClN2O6S. The molecule has 1 aromatic carbocycles. The van der Waals surface area contributed by atoms with Crippen molar-refractivity contribution in [2.75, 3.05) is 12.5 Å². The first kappa shape index (κ1) is 19.3. The first-order valence-corrected chi connectivity index (χ1v) is 8.83. The topological polar surface area (TPSA) is 116 Å². The number of esters is 1. The van der Waals surface area contributed by atoms with Crippen molar-refractivity contribution in [3.63, 3.8) is 0 Å². The lowest BCUT2D eigenvalue weighted by molar-refractivity contribution is -0.387. The molecule has 0 aliphatic carbocycles. The van der Waals surface area contributed by atoms with E-state index in [0.717, 1.165) is 12.1 Å². The van der Waals surface area contributed by atoms with Gasteiger partial charge in [-0.2, -0.15) is 4.72 Å². The highest BCUT2D eigenvalue weighted by atomic mass is 35.5. The number of carbonyl (C=O) groups excluding carboxylic acids is 1. The number of hydrogen-bond acceptors (Lipinski definition) is 6. The van der Waals surface area contributed by atoms with Gasteiger partial charge in [-0.05, 0) is 18.9 Å². The molecule has 1 atom stereocenters. The fourth-order valence-electron chi connectivity index (χ4n) is 1.72. The van der Waals surface area contributed by atoms with Crippen molar-refractivity contribution in [2.45, 2.75) is 30.7 Å². The summed E-state index contributed by atoms with van der Waals surface area (Å²) in [4.78, 5) is 21.5. The Morgan fingerprint density at radius 3 is 2.65 bits per heavy atom. The van der Waals surface area contributed by atoms with Gasteiger partial charge in [0.25, 0.3) is 5.69 Å². The van der Waals surface area contributed by atoms with Crippen LogP contribution in [0.15, 0.2) is 29.2 Å². The maximum atomic E-state index is 12.4. The summed E-state index contributed by atoms with van der Waals surface area (Å²) in [6, 6.07) is 3.66. The van der Waals surface area contributed by atoms with Crippen molar-refractivity contribution in [3.05, 3.63) is 34.4 Å². The highest BCUT2D eigenvalue weighted by molar-refractivity contribution is 7.89. The van der Waals surface area contributed by atoms with Crippen LogP contribution in [0.1, 0.15) is 19.8 Å². The van der Waals surface area contributed by atoms with Crippen molar-refractivity contribution in [1.82, 2.24) is 4.72 Å². The lowest BCUT2D eigenvalue weighted by atomic mass is 10.2. The molecule has 1 rings (SSSR count). The van der Waals surface area contributed by atoms with E-state index in [-0.39, 0.29) is 18.9 Å². The van der Waals surface area contributed by atoms with Crippen molar-refractivity contribution in [1.29, 1.82) is 0 Å². The third-order valence-electron chi connectivity index (χ3n) is 2.78. The van der Waals surface area contributed by atoms with Crippen LogP contribution in [0, 0.1) is 10.1 Å². The van der Waals surface area contributed by atoms with Gasteiger partial charge in [-0.3, -0.25) is 14.9 Å². The van der Waals surface area contributed by atoms with Crippen molar-refractivity contribution in [2.24, 2.45) is 0 Å². The molecule has 0 saturated carbocycles. The number of para-hydroxylation sites is 1. The minimum absolute atomic E-state index is 0.00393. The van der Waals surface area contributed by atoms with Crippen molar-refractivity contribution < 1.29 is 22.9 Å². The fourth-order valence-corrected chi connectivity index (χ4v) is 3.33. The van der Waals surface area contributed by atoms with E-state index in [1.807, 2.05) is 0 Å². The number of hydrogen-bond donors (Lipinski definition) is 1. The number of nitro groups is 1. The molecule has 0 aliphatic heterocycles. The number of benzene rings is 1. The Kier molecular flexibility index (Phi) is 7.40. The molecule has 8 nitrogen and oxygen atoms in total. The molecule has 0 fully saturated rings. The Labute approximate surface area is 139 Å². The second kappa shape index (κ2) is 8.80. The highest BCUT2D eigenvalue weighted by Crippen LogP contribution is 2.23. The Morgan fingerprint density at radius 1 is 1.43 bits per heavy atom. The molecule has 1 N–H and O–H groups in total. The molecule has 0 aromatic heterocycles. The maximum absolute atomic E-state index is 12.4. The van der Waals surface area contributed by atoms with Crippen molar-refractivity contribution in [3.8, 4) is 0 Å². The zero-order valence-electron chi connectivity index (χ0n) is 12.4. The van der Waals surface area contributed by atoms with Gasteiger partial charge in [0, 0.05) is 11.9 Å². The largest absolute Gasteiger partial charge is 0.465 e. The number of rotatable bonds is 9. The van der Waals surface area contributed by atoms with Crippen LogP contribution < -0.4 is 4.72 Å². The number of nitrogens with zero attached hydrogens (tertiary/aromatic N) is 1. The van der Waals surface area contributed by atoms with Gasteiger partial charge in [0.2, 0.25) is 10.0 Å². The van der Waals surface area contributed by atoms with Crippen molar-refractivity contribution >= 4 is 33.3 Å². The molecule has 23 heavy (non-hydrogen) atoms. The highest BCUT2D eigenvalue weighted by Gasteiger charge is 2.31. The molecule has 10 heteroatoms. The van der Waals surface area contributed by atoms with Gasteiger partial charge in [-0.1, -0.05) is 19.1 Å². The minimum Gasteiger partial charge on any atom is -0.465 e. The quantitative estimate of drug-likeness (QED) is 0.309. The minimum atomic E-state index is -4.28. The van der Waals surface area contributed by atoms with Crippen LogP contribution in [0.2, 0.25) is 0 Å². The number of sulfonamides is 1. The summed E-state index contributed by atoms with van der Waals surface area (Å²) >= 11 is 5.58. The summed E-state index contributed by atoms with van der Waals surface area (Å²) in [6.07, 6.45) is 0.584. The van der Waals surface area contributed by atoms with Crippen LogP contribution >= 0.6 is 11.6 Å². The zero-order chi connectivity index (χ0) is 17.5. The smallest absolute Gasteiger partial charge is 0.324 e. The van der Waals surface area contributed by atoms with E-state index < -0.39 is 37.5 Å². The second-order valence-corrected chi connectivity index (χ2v) is 6.60. The Bertz CT molecular complexity index is 664. The van der Waals surface area contributed by atoms with Crippen LogP contribution in [0.25, 0.3) is 0 Å². The molecule has 0 unspecified atom stereocenters. The van der Waals surface area contributed by atoms with Crippen LogP contribution in [0.3, 0.4) is 0 Å². The van der Waals surface area contributed by atoms with Crippen LogP contribution in [-0.2, 0) is 19.6 Å². The predicted octanol–water partition coefficient (Wildman–Crippen LogP) is 1.82. The fraction of sp³-hybridized carbons (Fsp3) is 0.462. The van der Waals surface area contributed by atoms with E-state index in [9.17, 15) is 23.3 Å². The van der Waals surface area contributed by atoms with Gasteiger partial charge < -0.3 is 4.74 Å². The maximum Gasteiger partial charge on any atom is 0.324 e. The van der Waals surface area contributed by atoms with E-state index in [1.165, 1.54) is 12.1 Å². The Hall–Kier alpha value is -1.71. The average Bonchev–Trinajstić information content (AvgIpc) is 2.52. The molecule has 0 aliphatic rings. The van der Waals surface area contributed by atoms with Gasteiger partial charge in [-0.25, -0.2) is 8.42 Å². The SMILES string of the molecule is CCCOC(=O)[C@@H](CCCl)NS(=O)(=O)c1ccccc1[N+](=O)[O-]. The number of ether oxygens (including phenoxy) is 1. The molecule has 0 spiro atoms. The monoisotopic (exact) mass is 364 g/mol. The zero-order valence-corrected chi connectivity index (χ0v) is 14.0. The molecule has 0 amide bonds. The van der Waals surface area contributed by atoms with Crippen LogP contribution in [-0.4, -0.2) is 37.8 Å². The first-order valence-electron chi connectivity index (χ1n) is 6.81. The average molecular weight is 365 g/mol. The number of carbonyl (C=O) groups is 1. The predicted molar refractivity (Wildman–Crippen MR) is 83.8 cm³/mol. The standard InChI is InChI=1S/C13H17ClN2O6S/c1-2-9-22-13(17)10(7-8-14)15-23(20,21)12-6-4-3-5-11(12)16(18)19/h3-6,10,15H,2,7-9H2,1H3/t10-/m1/s1. The summed E-state index contributed by atoms with van der Waals surface area (Å²) in [5, 5.41) is 11.0. The second-order valence-electron chi connectivity index (χ2n) is 4.54. The summed E-state index contributed by atoms with van der Waals surface area (Å²) < 4.78 is 31.7. The third-order valence-corrected chi connectivity index (χ3v) is 4.52. The molecular weight excluding hydrogens is 348 g/mol. The number of nitro benzene ring substituents is 1. The van der Waals surface area contributed by atoms with Gasteiger partial charge >= 0.3 is 5.97 Å². The Morgan fingerprint density at radius 2 is 2.09 bits per heavy atom. The van der Waals surface area contributed by atoms with Gasteiger partial charge in [0.1, 0.15) is 6.04 Å². The lowest BCUT2D eigenvalue weighted by Gasteiger charge is -2.16. The molecule has 0 saturated heterocycles. The molecule has 128 valence electrons. The lowest BCUT2D eigenvalue weighted by Crippen LogP contribution is -2.42. The van der Waals surface area contributed by atoms with E-state index >= 15 is 0 Å². The van der Waals surface area contributed by atoms with E-state index in [4.69, 9.17) is 16.3 Å². The normalized spacial score (nSPS) is 12.6. The molecule has 0 bridgehead atoms. The number of alkyl halides is 1. The number of halogens is 1. The summed E-state index contributed by atoms with van der Waals surface area (Å²) in [6.45, 7) is 1.94. The van der Waals surface area contributed by atoms with Crippen LogP contribution in [0.5, 0.6) is 0 Å². The summed E-state index contributed by atoms with van der Waals surface area (Å²) in [5.74, 6) is -0.750. The third kappa shape index (κ3) is 5.45. The molecule has 0 heterocycles. The molecule has 1 aromatic rings. The Balaban J connectivity index is 3.07. The summed E-state index contributed by atoms with van der Waals surface area (Å²) in [7, 11) is -4.28. The van der Waals surface area contributed by atoms with E-state index in [0.29, 0.717) is 6.42 Å². The van der Waals surface area contributed by atoms with E-state index in [1.54, 1.807) is 6.92 Å². The van der Waals surface area contributed by atoms with Crippen LogP contribution in [0.4, 0.5) is 5.69 Å².